The van der Waals surface area contributed by atoms with Crippen LogP contribution in [0.15, 0.2) is 41.6 Å². The van der Waals surface area contributed by atoms with Crippen molar-refractivity contribution in [1.82, 2.24) is 9.97 Å². The second-order valence-electron chi connectivity index (χ2n) is 6.35. The van der Waals surface area contributed by atoms with Gasteiger partial charge in [-0.1, -0.05) is 6.07 Å². The van der Waals surface area contributed by atoms with Gasteiger partial charge in [-0.05, 0) is 30.7 Å². The summed E-state index contributed by atoms with van der Waals surface area (Å²) < 4.78 is 38.9. The van der Waals surface area contributed by atoms with Crippen molar-refractivity contribution in [3.8, 4) is 5.75 Å². The average Bonchev–Trinajstić information content (AvgIpc) is 3.10. The Morgan fingerprint density at radius 1 is 1.28 bits per heavy atom. The van der Waals surface area contributed by atoms with Gasteiger partial charge in [-0.25, -0.2) is 9.78 Å². The number of carboxylic acid groups (broad SMARTS) is 1. The number of aryl methyl sites for hydroxylation is 1. The van der Waals surface area contributed by atoms with E-state index in [2.05, 4.69) is 14.7 Å². The Hall–Kier alpha value is -3.11. The highest BCUT2D eigenvalue weighted by Crippen LogP contribution is 2.31. The van der Waals surface area contributed by atoms with E-state index < -0.39 is 16.0 Å². The summed E-state index contributed by atoms with van der Waals surface area (Å²) in [5, 5.41) is 9.66. The van der Waals surface area contributed by atoms with E-state index in [1.165, 1.54) is 18.3 Å². The molecule has 0 atom stereocenters. The standard InChI is InChI=1S/C19H21N3O6S/c1-12-5-3-6-20-18(12)29(25,26)22-15-11-14(28-8-4-7-27-2)9-13-10-16(19(23)24)21-17(13)15/h3,5-6,9-11,21-22H,4,7-8H2,1-2H3,(H,23,24). The zero-order valence-electron chi connectivity index (χ0n) is 15.9. The fraction of sp³-hybridized carbons (Fsp3) is 0.263. The Morgan fingerprint density at radius 2 is 2.07 bits per heavy atom. The molecular formula is C19H21N3O6S. The Labute approximate surface area is 167 Å². The van der Waals surface area contributed by atoms with Crippen LogP contribution in [0.1, 0.15) is 22.5 Å². The highest BCUT2D eigenvalue weighted by molar-refractivity contribution is 7.92. The maximum atomic E-state index is 12.9. The zero-order valence-corrected chi connectivity index (χ0v) is 16.7. The van der Waals surface area contributed by atoms with Crippen LogP contribution in [-0.4, -0.2) is 49.8 Å². The number of aromatic amines is 1. The van der Waals surface area contributed by atoms with Crippen molar-refractivity contribution in [3.05, 3.63) is 47.8 Å². The number of nitrogens with one attached hydrogen (secondary N) is 2. The van der Waals surface area contributed by atoms with E-state index in [0.717, 1.165) is 0 Å². The summed E-state index contributed by atoms with van der Waals surface area (Å²) >= 11 is 0. The van der Waals surface area contributed by atoms with Gasteiger partial charge in [0.1, 0.15) is 11.4 Å². The molecule has 0 saturated carbocycles. The molecule has 0 fully saturated rings. The monoisotopic (exact) mass is 419 g/mol. The smallest absolute Gasteiger partial charge is 0.352 e. The number of sulfonamides is 1. The minimum atomic E-state index is -4.00. The van der Waals surface area contributed by atoms with Crippen molar-refractivity contribution in [3.63, 3.8) is 0 Å². The molecule has 1 aromatic carbocycles. The largest absolute Gasteiger partial charge is 0.493 e. The van der Waals surface area contributed by atoms with E-state index in [9.17, 15) is 18.3 Å². The Balaban J connectivity index is 2.02. The highest BCUT2D eigenvalue weighted by atomic mass is 32.2. The molecule has 0 bridgehead atoms. The Morgan fingerprint density at radius 3 is 2.76 bits per heavy atom. The number of ether oxygens (including phenoxy) is 2. The number of methoxy groups -OCH3 is 1. The number of pyridine rings is 1. The maximum Gasteiger partial charge on any atom is 0.352 e. The first-order valence-electron chi connectivity index (χ1n) is 8.78. The summed E-state index contributed by atoms with van der Waals surface area (Å²) in [7, 11) is -2.41. The molecule has 0 radical (unpaired) electrons. The minimum Gasteiger partial charge on any atom is -0.493 e. The Kier molecular flexibility index (Phi) is 6.04. The normalized spacial score (nSPS) is 11.5. The van der Waals surface area contributed by atoms with Crippen LogP contribution in [0, 0.1) is 6.92 Å². The van der Waals surface area contributed by atoms with Crippen LogP contribution < -0.4 is 9.46 Å². The van der Waals surface area contributed by atoms with Crippen molar-refractivity contribution in [2.24, 2.45) is 0 Å². The third-order valence-corrected chi connectivity index (χ3v) is 5.58. The molecule has 10 heteroatoms. The molecule has 0 aliphatic carbocycles. The number of carboxylic acids is 1. The number of rotatable bonds is 9. The lowest BCUT2D eigenvalue weighted by atomic mass is 10.2. The number of aromatic nitrogens is 2. The van der Waals surface area contributed by atoms with E-state index in [4.69, 9.17) is 9.47 Å². The fourth-order valence-corrected chi connectivity index (χ4v) is 4.07. The molecule has 0 spiro atoms. The van der Waals surface area contributed by atoms with Gasteiger partial charge in [0, 0.05) is 37.8 Å². The predicted molar refractivity (Wildman–Crippen MR) is 107 cm³/mol. The number of fused-ring (bicyclic) bond motifs is 1. The molecule has 154 valence electrons. The van der Waals surface area contributed by atoms with Gasteiger partial charge in [0.15, 0.2) is 5.03 Å². The number of hydrogen-bond acceptors (Lipinski definition) is 6. The van der Waals surface area contributed by atoms with Crippen LogP contribution in [0.4, 0.5) is 5.69 Å². The van der Waals surface area contributed by atoms with Gasteiger partial charge >= 0.3 is 5.97 Å². The van der Waals surface area contributed by atoms with Crippen LogP contribution in [0.2, 0.25) is 0 Å². The van der Waals surface area contributed by atoms with Gasteiger partial charge in [0.2, 0.25) is 0 Å². The third kappa shape index (κ3) is 4.66. The van der Waals surface area contributed by atoms with Gasteiger partial charge in [0.25, 0.3) is 10.0 Å². The first-order chi connectivity index (χ1) is 13.8. The second-order valence-corrected chi connectivity index (χ2v) is 7.95. The first kappa shape index (κ1) is 20.6. The second kappa shape index (κ2) is 8.50. The lowest BCUT2D eigenvalue weighted by molar-refractivity contribution is 0.0691. The molecule has 0 unspecified atom stereocenters. The predicted octanol–water partition coefficient (Wildman–Crippen LogP) is 2.79. The van der Waals surface area contributed by atoms with Crippen molar-refractivity contribution < 1.29 is 27.8 Å². The van der Waals surface area contributed by atoms with Gasteiger partial charge < -0.3 is 19.6 Å². The Bertz CT molecular complexity index is 1140. The van der Waals surface area contributed by atoms with Crippen LogP contribution in [0.3, 0.4) is 0 Å². The van der Waals surface area contributed by atoms with Gasteiger partial charge in [-0.2, -0.15) is 8.42 Å². The summed E-state index contributed by atoms with van der Waals surface area (Å²) in [4.78, 5) is 18.0. The van der Waals surface area contributed by atoms with Crippen molar-refractivity contribution >= 4 is 32.6 Å². The molecule has 2 heterocycles. The van der Waals surface area contributed by atoms with E-state index >= 15 is 0 Å². The molecule has 29 heavy (non-hydrogen) atoms. The topological polar surface area (TPSA) is 131 Å². The average molecular weight is 419 g/mol. The number of aromatic carboxylic acids is 1. The van der Waals surface area contributed by atoms with Crippen LogP contribution >= 0.6 is 0 Å². The number of anilines is 1. The van der Waals surface area contributed by atoms with Crippen LogP contribution in [0.25, 0.3) is 10.9 Å². The van der Waals surface area contributed by atoms with E-state index in [1.54, 1.807) is 32.2 Å². The summed E-state index contributed by atoms with van der Waals surface area (Å²) in [5.74, 6) is -0.752. The number of benzene rings is 1. The molecule has 0 aliphatic heterocycles. The van der Waals surface area contributed by atoms with Gasteiger partial charge in [-0.15, -0.1) is 0 Å². The number of nitrogens with zero attached hydrogens (tertiary/aromatic N) is 1. The summed E-state index contributed by atoms with van der Waals surface area (Å²) in [5.41, 5.74) is 0.928. The summed E-state index contributed by atoms with van der Waals surface area (Å²) in [6.45, 7) is 2.53. The molecule has 3 N–H and O–H groups in total. The van der Waals surface area contributed by atoms with Gasteiger partial charge in [0.05, 0.1) is 17.8 Å². The highest BCUT2D eigenvalue weighted by Gasteiger charge is 2.21. The van der Waals surface area contributed by atoms with E-state index in [0.29, 0.717) is 41.9 Å². The maximum absolute atomic E-state index is 12.9. The first-order valence-corrected chi connectivity index (χ1v) is 10.3. The minimum absolute atomic E-state index is 0.0639. The zero-order chi connectivity index (χ0) is 21.0. The molecule has 3 aromatic rings. The molecule has 9 nitrogen and oxygen atoms in total. The van der Waals surface area contributed by atoms with Crippen molar-refractivity contribution in [2.75, 3.05) is 25.0 Å². The van der Waals surface area contributed by atoms with E-state index in [1.807, 2.05) is 0 Å². The molecule has 0 aliphatic rings. The third-order valence-electron chi connectivity index (χ3n) is 4.15. The molecule has 0 amide bonds. The number of hydrogen-bond donors (Lipinski definition) is 3. The quantitative estimate of drug-likeness (QED) is 0.455. The number of H-pyrrole nitrogens is 1. The van der Waals surface area contributed by atoms with Gasteiger partial charge in [-0.3, -0.25) is 4.72 Å². The molecule has 0 saturated heterocycles. The fourth-order valence-electron chi connectivity index (χ4n) is 2.83. The summed E-state index contributed by atoms with van der Waals surface area (Å²) in [6, 6.07) is 7.86. The van der Waals surface area contributed by atoms with Crippen molar-refractivity contribution in [2.45, 2.75) is 18.4 Å². The summed E-state index contributed by atoms with van der Waals surface area (Å²) in [6.07, 6.45) is 2.04. The van der Waals surface area contributed by atoms with E-state index in [-0.39, 0.29) is 16.4 Å². The SMILES string of the molecule is COCCCOc1cc(NS(=O)(=O)c2ncccc2C)c2[nH]c(C(=O)O)cc2c1. The van der Waals surface area contributed by atoms with Crippen LogP contribution in [-0.2, 0) is 14.8 Å². The van der Waals surface area contributed by atoms with Crippen molar-refractivity contribution in [1.29, 1.82) is 0 Å². The van der Waals surface area contributed by atoms with Crippen LogP contribution in [0.5, 0.6) is 5.75 Å². The number of carbonyl (C=O) groups is 1. The molecule has 3 rings (SSSR count). The molecule has 2 aromatic heterocycles. The lowest BCUT2D eigenvalue weighted by Crippen LogP contribution is -2.16. The lowest BCUT2D eigenvalue weighted by Gasteiger charge is -2.13. The molecular weight excluding hydrogens is 398 g/mol.